The van der Waals surface area contributed by atoms with Crippen LogP contribution in [0.4, 0.5) is 16.0 Å². The fraction of sp³-hybridized carbons (Fsp3) is 0.182. The van der Waals surface area contributed by atoms with Crippen LogP contribution in [0.1, 0.15) is 6.92 Å². The van der Waals surface area contributed by atoms with Crippen molar-refractivity contribution in [2.75, 3.05) is 11.1 Å². The molecule has 0 unspecified atom stereocenters. The Morgan fingerprint density at radius 2 is 2.35 bits per heavy atom. The number of nitrogens with one attached hydrogen (secondary N) is 2. The van der Waals surface area contributed by atoms with Gasteiger partial charge in [0.2, 0.25) is 17.0 Å². The predicted octanol–water partition coefficient (Wildman–Crippen LogP) is 2.30. The Balaban J connectivity index is 2.00. The number of carbonyl (C=O) groups excluding carboxylic acids is 1. The zero-order valence-electron chi connectivity index (χ0n) is 10.4. The smallest absolute Gasteiger partial charge is 0.237 e. The number of amides is 1. The van der Waals surface area contributed by atoms with Crippen molar-refractivity contribution in [1.82, 2.24) is 15.2 Å². The van der Waals surface area contributed by atoms with Crippen LogP contribution in [0.3, 0.4) is 0 Å². The topological polar surface area (TPSA) is 96.7 Å². The molecule has 1 aromatic heterocycles. The molecule has 6 nitrogen and oxygen atoms in total. The van der Waals surface area contributed by atoms with Gasteiger partial charge in [-0.15, -0.1) is 5.10 Å². The summed E-state index contributed by atoms with van der Waals surface area (Å²) in [5, 5.41) is 8.95. The molecule has 106 valence electrons. The number of nitrogens with zero attached hydrogens (tertiary/aromatic N) is 2. The molecule has 1 aromatic carbocycles. The van der Waals surface area contributed by atoms with Gasteiger partial charge in [0.1, 0.15) is 5.82 Å². The lowest BCUT2D eigenvalue weighted by Crippen LogP contribution is -2.22. The third-order valence-electron chi connectivity index (χ3n) is 2.32. The van der Waals surface area contributed by atoms with Crippen LogP contribution in [0.2, 0.25) is 5.02 Å². The van der Waals surface area contributed by atoms with Gasteiger partial charge in [0.25, 0.3) is 0 Å². The minimum atomic E-state index is -0.466. The molecule has 2 rings (SSSR count). The lowest BCUT2D eigenvalue weighted by molar-refractivity contribution is -0.115. The van der Waals surface area contributed by atoms with E-state index in [-0.39, 0.29) is 16.9 Å². The van der Waals surface area contributed by atoms with Crippen molar-refractivity contribution in [3.8, 4) is 0 Å². The summed E-state index contributed by atoms with van der Waals surface area (Å²) in [6.07, 6.45) is 0. The monoisotopic (exact) mass is 315 g/mol. The number of anilines is 2. The van der Waals surface area contributed by atoms with Crippen molar-refractivity contribution in [2.24, 2.45) is 0 Å². The highest BCUT2D eigenvalue weighted by atomic mass is 35.5. The van der Waals surface area contributed by atoms with Crippen LogP contribution in [0.25, 0.3) is 0 Å². The summed E-state index contributed by atoms with van der Waals surface area (Å²) in [6, 6.07) is 3.75. The van der Waals surface area contributed by atoms with Crippen molar-refractivity contribution in [3.05, 3.63) is 29.0 Å². The Kier molecular flexibility index (Phi) is 4.46. The van der Waals surface area contributed by atoms with Gasteiger partial charge in [0, 0.05) is 0 Å². The SMILES string of the molecule is C[C@H](Sc1n[nH]c(N)n1)C(=O)Nc1ccc(F)cc1Cl. The number of carbonyl (C=O) groups is 1. The van der Waals surface area contributed by atoms with Crippen LogP contribution in [0, 0.1) is 5.82 Å². The largest absolute Gasteiger partial charge is 0.368 e. The van der Waals surface area contributed by atoms with E-state index in [0.29, 0.717) is 10.8 Å². The second-order valence-corrected chi connectivity index (χ2v) is 5.59. The molecule has 0 bridgehead atoms. The van der Waals surface area contributed by atoms with Gasteiger partial charge in [-0.05, 0) is 25.1 Å². The van der Waals surface area contributed by atoms with E-state index in [2.05, 4.69) is 20.5 Å². The first-order valence-corrected chi connectivity index (χ1v) is 6.82. The zero-order valence-corrected chi connectivity index (χ0v) is 11.9. The van der Waals surface area contributed by atoms with Crippen LogP contribution in [0.5, 0.6) is 0 Å². The van der Waals surface area contributed by atoms with E-state index in [1.807, 2.05) is 0 Å². The number of H-pyrrole nitrogens is 1. The molecule has 1 heterocycles. The third-order valence-corrected chi connectivity index (χ3v) is 3.60. The summed E-state index contributed by atoms with van der Waals surface area (Å²) < 4.78 is 12.9. The molecule has 20 heavy (non-hydrogen) atoms. The summed E-state index contributed by atoms with van der Waals surface area (Å²) in [4.78, 5) is 15.9. The normalized spacial score (nSPS) is 12.2. The minimum Gasteiger partial charge on any atom is -0.368 e. The number of hydrogen-bond donors (Lipinski definition) is 3. The molecule has 9 heteroatoms. The number of hydrogen-bond acceptors (Lipinski definition) is 5. The number of nitrogens with two attached hydrogens (primary N) is 1. The van der Waals surface area contributed by atoms with Gasteiger partial charge >= 0.3 is 0 Å². The lowest BCUT2D eigenvalue weighted by atomic mass is 10.3. The maximum absolute atomic E-state index is 12.9. The fourth-order valence-electron chi connectivity index (χ4n) is 1.35. The van der Waals surface area contributed by atoms with Crippen LogP contribution in [-0.4, -0.2) is 26.3 Å². The van der Waals surface area contributed by atoms with Gasteiger partial charge in [0.05, 0.1) is 16.0 Å². The Hall–Kier alpha value is -1.80. The van der Waals surface area contributed by atoms with Crippen LogP contribution >= 0.6 is 23.4 Å². The van der Waals surface area contributed by atoms with E-state index >= 15 is 0 Å². The molecule has 4 N–H and O–H groups in total. The van der Waals surface area contributed by atoms with Gasteiger partial charge in [-0.3, -0.25) is 4.79 Å². The number of aromatic amines is 1. The molecular weight excluding hydrogens is 305 g/mol. The molecule has 0 saturated heterocycles. The first-order valence-electron chi connectivity index (χ1n) is 5.56. The maximum Gasteiger partial charge on any atom is 0.237 e. The van der Waals surface area contributed by atoms with E-state index in [0.717, 1.165) is 17.8 Å². The van der Waals surface area contributed by atoms with E-state index in [1.165, 1.54) is 12.1 Å². The highest BCUT2D eigenvalue weighted by Gasteiger charge is 2.18. The van der Waals surface area contributed by atoms with Gasteiger partial charge in [-0.1, -0.05) is 23.4 Å². The Morgan fingerprint density at radius 1 is 1.60 bits per heavy atom. The molecular formula is C11H11ClFN5OS. The Labute approximate surface area is 123 Å². The fourth-order valence-corrected chi connectivity index (χ4v) is 2.29. The molecule has 0 aliphatic carbocycles. The molecule has 0 aliphatic rings. The summed E-state index contributed by atoms with van der Waals surface area (Å²) in [7, 11) is 0. The van der Waals surface area contributed by atoms with Crippen molar-refractivity contribution in [3.63, 3.8) is 0 Å². The highest BCUT2D eigenvalue weighted by molar-refractivity contribution is 8.00. The number of thioether (sulfide) groups is 1. The maximum atomic E-state index is 12.9. The average Bonchev–Trinajstić information content (AvgIpc) is 2.78. The lowest BCUT2D eigenvalue weighted by Gasteiger charge is -2.11. The van der Waals surface area contributed by atoms with E-state index in [4.69, 9.17) is 17.3 Å². The van der Waals surface area contributed by atoms with Crippen molar-refractivity contribution < 1.29 is 9.18 Å². The first-order chi connectivity index (χ1) is 9.45. The first kappa shape index (κ1) is 14.6. The molecule has 2 aromatic rings. The second-order valence-electron chi connectivity index (χ2n) is 3.88. The quantitative estimate of drug-likeness (QED) is 0.752. The molecule has 0 aliphatic heterocycles. The number of nitrogen functional groups attached to an aromatic ring is 1. The van der Waals surface area contributed by atoms with Crippen molar-refractivity contribution in [1.29, 1.82) is 0 Å². The van der Waals surface area contributed by atoms with Gasteiger partial charge in [0.15, 0.2) is 0 Å². The van der Waals surface area contributed by atoms with Gasteiger partial charge in [-0.2, -0.15) is 4.98 Å². The van der Waals surface area contributed by atoms with Crippen LogP contribution in [-0.2, 0) is 4.79 Å². The van der Waals surface area contributed by atoms with Crippen LogP contribution in [0.15, 0.2) is 23.4 Å². The van der Waals surface area contributed by atoms with Crippen LogP contribution < -0.4 is 11.1 Å². The van der Waals surface area contributed by atoms with Crippen molar-refractivity contribution >= 4 is 40.9 Å². The molecule has 1 amide bonds. The minimum absolute atomic E-state index is 0.137. The molecule has 1 atom stereocenters. The molecule has 0 spiro atoms. The van der Waals surface area contributed by atoms with Gasteiger partial charge in [-0.25, -0.2) is 9.49 Å². The molecule has 0 radical (unpaired) electrons. The summed E-state index contributed by atoms with van der Waals surface area (Å²) >= 11 is 6.97. The third kappa shape index (κ3) is 3.61. The standard InChI is InChI=1S/C11H11ClFN5OS/c1-5(20-11-16-10(14)17-18-11)9(19)15-8-3-2-6(13)4-7(8)12/h2-5H,1H3,(H,15,19)(H3,14,16,17,18)/t5-/m0/s1. The summed E-state index contributed by atoms with van der Waals surface area (Å²) in [5.74, 6) is -0.583. The highest BCUT2D eigenvalue weighted by Crippen LogP contribution is 2.25. The average molecular weight is 316 g/mol. The molecule has 0 fully saturated rings. The number of halogens is 2. The Bertz CT molecular complexity index is 635. The molecule has 0 saturated carbocycles. The van der Waals surface area contributed by atoms with E-state index < -0.39 is 11.1 Å². The number of aromatic nitrogens is 3. The van der Waals surface area contributed by atoms with E-state index in [1.54, 1.807) is 6.92 Å². The number of rotatable bonds is 4. The van der Waals surface area contributed by atoms with Crippen molar-refractivity contribution in [2.45, 2.75) is 17.3 Å². The number of benzene rings is 1. The second kappa shape index (κ2) is 6.10. The summed E-state index contributed by atoms with van der Waals surface area (Å²) in [5.41, 5.74) is 5.74. The van der Waals surface area contributed by atoms with E-state index in [9.17, 15) is 9.18 Å². The zero-order chi connectivity index (χ0) is 14.7. The predicted molar refractivity (Wildman–Crippen MR) is 76.2 cm³/mol. The Morgan fingerprint density at radius 3 is 2.95 bits per heavy atom. The van der Waals surface area contributed by atoms with Gasteiger partial charge < -0.3 is 11.1 Å². The summed E-state index contributed by atoms with van der Waals surface area (Å²) in [6.45, 7) is 1.68.